The number of rotatable bonds is 4. The minimum Gasteiger partial charge on any atom is -0.466 e. The molecule has 0 aromatic rings. The van der Waals surface area contributed by atoms with Gasteiger partial charge in [0.05, 0.1) is 6.61 Å². The molecule has 0 N–H and O–H groups in total. The predicted molar refractivity (Wildman–Crippen MR) is 54.7 cm³/mol. The van der Waals surface area contributed by atoms with E-state index in [2.05, 4.69) is 0 Å². The number of allylic oxidation sites excluding steroid dienone is 1. The molecule has 1 aliphatic rings. The largest absolute Gasteiger partial charge is 0.466 e. The van der Waals surface area contributed by atoms with Gasteiger partial charge in [0.15, 0.2) is 5.76 Å². The van der Waals surface area contributed by atoms with Crippen LogP contribution in [0.5, 0.6) is 0 Å². The molecule has 0 radical (unpaired) electrons. The van der Waals surface area contributed by atoms with E-state index in [1.807, 2.05) is 19.9 Å². The summed E-state index contributed by atoms with van der Waals surface area (Å²) in [5.41, 5.74) is 0. The minimum atomic E-state index is -0.574. The van der Waals surface area contributed by atoms with E-state index in [9.17, 15) is 4.79 Å². The third-order valence-electron chi connectivity index (χ3n) is 1.69. The third-order valence-corrected chi connectivity index (χ3v) is 1.69. The second kappa shape index (κ2) is 4.87. The Labute approximate surface area is 89.5 Å². The molecule has 15 heavy (non-hydrogen) atoms. The standard InChI is InChI=1S/C11H16O4/c1-9(12)13-7-5-4-6-10-8-14-11(2,3)15-10/h4,6,8H,5,7H2,1-3H3. The quantitative estimate of drug-likeness (QED) is 0.529. The summed E-state index contributed by atoms with van der Waals surface area (Å²) >= 11 is 0. The first-order valence-corrected chi connectivity index (χ1v) is 4.86. The van der Waals surface area contributed by atoms with Crippen molar-refractivity contribution in [3.05, 3.63) is 24.2 Å². The van der Waals surface area contributed by atoms with E-state index in [1.165, 1.54) is 6.92 Å². The highest BCUT2D eigenvalue weighted by molar-refractivity contribution is 5.65. The Kier molecular flexibility index (Phi) is 3.77. The van der Waals surface area contributed by atoms with Gasteiger partial charge in [0.1, 0.15) is 6.26 Å². The molecule has 0 aromatic carbocycles. The molecule has 0 aromatic heterocycles. The summed E-state index contributed by atoms with van der Waals surface area (Å²) < 4.78 is 15.4. The summed E-state index contributed by atoms with van der Waals surface area (Å²) in [6.45, 7) is 5.46. The Balaban J connectivity index is 2.20. The molecule has 0 saturated carbocycles. The van der Waals surface area contributed by atoms with Crippen LogP contribution < -0.4 is 0 Å². The Hall–Kier alpha value is -1.45. The van der Waals surface area contributed by atoms with Crippen molar-refractivity contribution in [1.82, 2.24) is 0 Å². The maximum Gasteiger partial charge on any atom is 0.302 e. The fraction of sp³-hybridized carbons (Fsp3) is 0.545. The fourth-order valence-corrected chi connectivity index (χ4v) is 1.08. The Morgan fingerprint density at radius 3 is 2.87 bits per heavy atom. The van der Waals surface area contributed by atoms with Gasteiger partial charge in [-0.1, -0.05) is 6.08 Å². The van der Waals surface area contributed by atoms with Crippen LogP contribution in [-0.4, -0.2) is 18.4 Å². The molecule has 1 aliphatic heterocycles. The lowest BCUT2D eigenvalue weighted by molar-refractivity contribution is -0.140. The van der Waals surface area contributed by atoms with Crippen molar-refractivity contribution >= 4 is 5.97 Å². The van der Waals surface area contributed by atoms with Gasteiger partial charge in [-0.3, -0.25) is 4.79 Å². The second-order valence-electron chi connectivity index (χ2n) is 3.67. The van der Waals surface area contributed by atoms with E-state index in [0.717, 1.165) is 0 Å². The molecule has 0 bridgehead atoms. The molecular formula is C11H16O4. The minimum absolute atomic E-state index is 0.260. The molecule has 1 rings (SSSR count). The Morgan fingerprint density at radius 1 is 1.60 bits per heavy atom. The molecule has 0 unspecified atom stereocenters. The van der Waals surface area contributed by atoms with E-state index in [1.54, 1.807) is 12.3 Å². The number of esters is 1. The number of hydrogen-bond acceptors (Lipinski definition) is 4. The molecule has 0 saturated heterocycles. The van der Waals surface area contributed by atoms with E-state index < -0.39 is 5.79 Å². The lowest BCUT2D eigenvalue weighted by Crippen LogP contribution is -2.19. The van der Waals surface area contributed by atoms with Crippen molar-refractivity contribution in [2.24, 2.45) is 0 Å². The SMILES string of the molecule is CC(=O)OCCC=CC1=COC(C)(C)O1. The number of ether oxygens (including phenoxy) is 3. The van der Waals surface area contributed by atoms with Gasteiger partial charge in [0.2, 0.25) is 5.79 Å². The zero-order chi connectivity index (χ0) is 11.3. The van der Waals surface area contributed by atoms with Crippen molar-refractivity contribution in [3.8, 4) is 0 Å². The first-order valence-electron chi connectivity index (χ1n) is 4.86. The summed E-state index contributed by atoms with van der Waals surface area (Å²) in [5.74, 6) is -0.151. The molecule has 0 atom stereocenters. The van der Waals surface area contributed by atoms with Crippen LogP contribution in [0.1, 0.15) is 27.2 Å². The number of hydrogen-bond donors (Lipinski definition) is 0. The van der Waals surface area contributed by atoms with Crippen LogP contribution in [0, 0.1) is 0 Å². The highest BCUT2D eigenvalue weighted by atomic mass is 16.7. The van der Waals surface area contributed by atoms with Crippen molar-refractivity contribution in [3.63, 3.8) is 0 Å². The van der Waals surface area contributed by atoms with Crippen molar-refractivity contribution < 1.29 is 19.0 Å². The van der Waals surface area contributed by atoms with Gasteiger partial charge < -0.3 is 14.2 Å². The second-order valence-corrected chi connectivity index (χ2v) is 3.67. The molecular weight excluding hydrogens is 196 g/mol. The summed E-state index contributed by atoms with van der Waals surface area (Å²) in [5, 5.41) is 0. The average Bonchev–Trinajstić information content (AvgIpc) is 2.44. The maximum absolute atomic E-state index is 10.4. The van der Waals surface area contributed by atoms with Gasteiger partial charge in [-0.2, -0.15) is 0 Å². The third kappa shape index (κ3) is 4.54. The smallest absolute Gasteiger partial charge is 0.302 e. The monoisotopic (exact) mass is 212 g/mol. The average molecular weight is 212 g/mol. The molecule has 0 amide bonds. The van der Waals surface area contributed by atoms with Crippen LogP contribution in [0.25, 0.3) is 0 Å². The number of carbonyl (C=O) groups is 1. The summed E-state index contributed by atoms with van der Waals surface area (Å²) in [4.78, 5) is 10.4. The first kappa shape index (κ1) is 11.6. The topological polar surface area (TPSA) is 44.8 Å². The Morgan fingerprint density at radius 2 is 2.33 bits per heavy atom. The highest BCUT2D eigenvalue weighted by Gasteiger charge is 2.25. The molecule has 84 valence electrons. The molecule has 1 heterocycles. The lowest BCUT2D eigenvalue weighted by Gasteiger charge is -2.17. The summed E-state index contributed by atoms with van der Waals surface area (Å²) in [6, 6.07) is 0. The zero-order valence-corrected chi connectivity index (χ0v) is 9.28. The van der Waals surface area contributed by atoms with E-state index in [0.29, 0.717) is 18.8 Å². The van der Waals surface area contributed by atoms with Gasteiger partial charge in [-0.15, -0.1) is 0 Å². The van der Waals surface area contributed by atoms with Crippen LogP contribution in [-0.2, 0) is 19.0 Å². The van der Waals surface area contributed by atoms with Gasteiger partial charge in [0.25, 0.3) is 0 Å². The van der Waals surface area contributed by atoms with Gasteiger partial charge in [0, 0.05) is 20.8 Å². The van der Waals surface area contributed by atoms with E-state index in [4.69, 9.17) is 14.2 Å². The van der Waals surface area contributed by atoms with E-state index >= 15 is 0 Å². The molecule has 0 spiro atoms. The molecule has 4 nitrogen and oxygen atoms in total. The lowest BCUT2D eigenvalue weighted by atomic mass is 10.3. The van der Waals surface area contributed by atoms with Crippen LogP contribution in [0.4, 0.5) is 0 Å². The van der Waals surface area contributed by atoms with Gasteiger partial charge in [-0.05, 0) is 12.5 Å². The van der Waals surface area contributed by atoms with Crippen molar-refractivity contribution in [2.45, 2.75) is 33.0 Å². The molecule has 4 heteroatoms. The summed E-state index contributed by atoms with van der Waals surface area (Å²) in [7, 11) is 0. The zero-order valence-electron chi connectivity index (χ0n) is 9.28. The molecule has 0 aliphatic carbocycles. The first-order chi connectivity index (χ1) is 6.99. The fourth-order valence-electron chi connectivity index (χ4n) is 1.08. The van der Waals surface area contributed by atoms with Crippen LogP contribution in [0.2, 0.25) is 0 Å². The van der Waals surface area contributed by atoms with Crippen LogP contribution in [0.3, 0.4) is 0 Å². The predicted octanol–water partition coefficient (Wildman–Crippen LogP) is 2.12. The van der Waals surface area contributed by atoms with E-state index in [-0.39, 0.29) is 5.97 Å². The molecule has 0 fully saturated rings. The van der Waals surface area contributed by atoms with Gasteiger partial charge >= 0.3 is 5.97 Å². The normalized spacial score (nSPS) is 18.2. The number of carbonyl (C=O) groups excluding carboxylic acids is 1. The Bertz CT molecular complexity index is 289. The maximum atomic E-state index is 10.4. The van der Waals surface area contributed by atoms with Crippen molar-refractivity contribution in [1.29, 1.82) is 0 Å². The highest BCUT2D eigenvalue weighted by Crippen LogP contribution is 2.24. The summed E-state index contributed by atoms with van der Waals surface area (Å²) in [6.07, 6.45) is 5.92. The van der Waals surface area contributed by atoms with Gasteiger partial charge in [-0.25, -0.2) is 0 Å². The van der Waals surface area contributed by atoms with Crippen molar-refractivity contribution in [2.75, 3.05) is 6.61 Å². The van der Waals surface area contributed by atoms with Crippen LogP contribution >= 0.6 is 0 Å². The van der Waals surface area contributed by atoms with Crippen LogP contribution in [0.15, 0.2) is 24.2 Å².